The molecule has 3 rings (SSSR count). The van der Waals surface area contributed by atoms with E-state index in [1.54, 1.807) is 0 Å². The minimum atomic E-state index is -6.42. The summed E-state index contributed by atoms with van der Waals surface area (Å²) in [6.07, 6.45) is -10.8. The van der Waals surface area contributed by atoms with Crippen LogP contribution in [0.1, 0.15) is 11.4 Å². The predicted molar refractivity (Wildman–Crippen MR) is 84.0 cm³/mol. The number of benzene rings is 1. The first-order valence-corrected chi connectivity index (χ1v) is 9.07. The van der Waals surface area contributed by atoms with E-state index in [4.69, 9.17) is 0 Å². The van der Waals surface area contributed by atoms with E-state index in [9.17, 15) is 47.9 Å². The molecule has 3 aromatic rings. The van der Waals surface area contributed by atoms with E-state index < -0.39 is 62.5 Å². The van der Waals surface area contributed by atoms with Gasteiger partial charge >= 0.3 is 28.0 Å². The first-order valence-electron chi connectivity index (χ1n) is 7.67. The van der Waals surface area contributed by atoms with Gasteiger partial charge in [-0.2, -0.15) is 47.9 Å². The van der Waals surface area contributed by atoms with E-state index in [-0.39, 0.29) is 10.1 Å². The van der Waals surface area contributed by atoms with Crippen molar-refractivity contribution in [2.75, 3.05) is 0 Å². The van der Waals surface area contributed by atoms with Crippen molar-refractivity contribution in [3.8, 4) is 17.0 Å². The molecule has 168 valence electrons. The summed E-state index contributed by atoms with van der Waals surface area (Å²) in [5.74, 6) is -1.54. The lowest BCUT2D eigenvalue weighted by molar-refractivity contribution is -0.148. The molecule has 0 amide bonds. The van der Waals surface area contributed by atoms with Crippen LogP contribution in [0.25, 0.3) is 16.8 Å². The van der Waals surface area contributed by atoms with E-state index in [1.807, 2.05) is 0 Å². The quantitative estimate of drug-likeness (QED) is 0.311. The van der Waals surface area contributed by atoms with Gasteiger partial charge in [0.1, 0.15) is 5.69 Å². The molecule has 0 radical (unpaired) electrons. The van der Waals surface area contributed by atoms with Crippen LogP contribution in [0.3, 0.4) is 0 Å². The Bertz CT molecular complexity index is 1230. The molecule has 0 atom stereocenters. The zero-order chi connectivity index (χ0) is 23.4. The van der Waals surface area contributed by atoms with Gasteiger partial charge in [0, 0.05) is 0 Å². The van der Waals surface area contributed by atoms with Gasteiger partial charge in [-0.3, -0.25) is 0 Å². The highest BCUT2D eigenvalue weighted by molar-refractivity contribution is 7.88. The second kappa shape index (κ2) is 7.00. The summed E-state index contributed by atoms with van der Waals surface area (Å²) in [5, 5.41) is 3.04. The van der Waals surface area contributed by atoms with Gasteiger partial charge in [-0.25, -0.2) is 9.50 Å². The Hall–Kier alpha value is -3.04. The largest absolute Gasteiger partial charge is 0.534 e. The van der Waals surface area contributed by atoms with Crippen LogP contribution in [0.15, 0.2) is 36.4 Å². The third-order valence-electron chi connectivity index (χ3n) is 3.67. The van der Waals surface area contributed by atoms with Crippen molar-refractivity contribution in [2.24, 2.45) is 0 Å². The molecule has 1 aromatic carbocycles. The van der Waals surface area contributed by atoms with Gasteiger partial charge in [0.05, 0.1) is 5.56 Å². The van der Waals surface area contributed by atoms with Crippen molar-refractivity contribution in [2.45, 2.75) is 17.9 Å². The Balaban J connectivity index is 2.45. The Morgan fingerprint density at radius 3 is 1.94 bits per heavy atom. The van der Waals surface area contributed by atoms with Crippen LogP contribution in [0.5, 0.6) is 5.88 Å². The van der Waals surface area contributed by atoms with Crippen molar-refractivity contribution in [3.63, 3.8) is 0 Å². The second-order valence-corrected chi connectivity index (χ2v) is 7.32. The number of halogens is 9. The summed E-state index contributed by atoms with van der Waals surface area (Å²) in [5.41, 5.74) is -12.5. The zero-order valence-electron chi connectivity index (χ0n) is 14.3. The fourth-order valence-corrected chi connectivity index (χ4v) is 2.83. The Labute approximate surface area is 166 Å². The molecule has 0 fully saturated rings. The Kier molecular flexibility index (Phi) is 5.11. The molecule has 16 heteroatoms. The first kappa shape index (κ1) is 22.6. The number of hydrogen-bond donors (Lipinski definition) is 0. The van der Waals surface area contributed by atoms with Crippen molar-refractivity contribution in [1.82, 2.24) is 14.6 Å². The standard InChI is InChI=1S/C15H6F9N3O3S/c16-13(17,18)8-6-9(14(19,20)21)27-11(25-8)10(7-4-2-1-3-5-7)12(26-27)30-31(28,29)15(22,23)24/h1-6H. The number of alkyl halides is 9. The number of nitrogens with zero attached hydrogens (tertiary/aromatic N) is 3. The van der Waals surface area contributed by atoms with Crippen molar-refractivity contribution >= 4 is 15.8 Å². The smallest absolute Gasteiger partial charge is 0.353 e. The van der Waals surface area contributed by atoms with Crippen LogP contribution in [0, 0.1) is 0 Å². The van der Waals surface area contributed by atoms with Gasteiger partial charge in [0.25, 0.3) is 5.88 Å². The van der Waals surface area contributed by atoms with E-state index in [0.717, 1.165) is 12.1 Å². The third-order valence-corrected chi connectivity index (χ3v) is 4.62. The summed E-state index contributed by atoms with van der Waals surface area (Å²) in [7, 11) is -6.42. The molecule has 2 heterocycles. The monoisotopic (exact) mass is 479 g/mol. The number of hydrogen-bond acceptors (Lipinski definition) is 5. The molecular weight excluding hydrogens is 473 g/mol. The average Bonchev–Trinajstić information content (AvgIpc) is 2.95. The van der Waals surface area contributed by atoms with Gasteiger partial charge < -0.3 is 4.18 Å². The molecule has 0 unspecified atom stereocenters. The van der Waals surface area contributed by atoms with Crippen LogP contribution < -0.4 is 4.18 Å². The number of rotatable bonds is 3. The molecule has 0 saturated carbocycles. The van der Waals surface area contributed by atoms with Gasteiger partial charge in [-0.1, -0.05) is 30.3 Å². The van der Waals surface area contributed by atoms with Gasteiger partial charge in [-0.05, 0) is 11.6 Å². The van der Waals surface area contributed by atoms with E-state index in [0.29, 0.717) is 0 Å². The fourth-order valence-electron chi connectivity index (χ4n) is 2.41. The van der Waals surface area contributed by atoms with Gasteiger partial charge in [-0.15, -0.1) is 5.10 Å². The lowest BCUT2D eigenvalue weighted by Gasteiger charge is -2.12. The molecule has 6 nitrogen and oxygen atoms in total. The molecular formula is C15H6F9N3O3S. The maximum Gasteiger partial charge on any atom is 0.534 e. The maximum atomic E-state index is 13.4. The lowest BCUT2D eigenvalue weighted by Crippen LogP contribution is -2.28. The average molecular weight is 479 g/mol. The minimum Gasteiger partial charge on any atom is -0.353 e. The highest BCUT2D eigenvalue weighted by atomic mass is 32.2. The highest BCUT2D eigenvalue weighted by Crippen LogP contribution is 2.41. The van der Waals surface area contributed by atoms with Crippen LogP contribution >= 0.6 is 0 Å². The van der Waals surface area contributed by atoms with E-state index >= 15 is 0 Å². The predicted octanol–water partition coefficient (Wildman–Crippen LogP) is 4.66. The normalized spacial score (nSPS) is 13.6. The molecule has 2 aromatic heterocycles. The number of fused-ring (bicyclic) bond motifs is 1. The number of aromatic nitrogens is 3. The van der Waals surface area contributed by atoms with Crippen molar-refractivity contribution < 1.29 is 52.1 Å². The summed E-state index contributed by atoms with van der Waals surface area (Å²) in [4.78, 5) is 3.03. The molecule has 0 N–H and O–H groups in total. The van der Waals surface area contributed by atoms with Gasteiger partial charge in [0.15, 0.2) is 11.3 Å². The van der Waals surface area contributed by atoms with Crippen LogP contribution in [0.4, 0.5) is 39.5 Å². The van der Waals surface area contributed by atoms with Crippen molar-refractivity contribution in [1.29, 1.82) is 0 Å². The molecule has 0 saturated heterocycles. The fraction of sp³-hybridized carbons (Fsp3) is 0.200. The molecule has 0 aliphatic carbocycles. The zero-order valence-corrected chi connectivity index (χ0v) is 15.2. The second-order valence-electron chi connectivity index (χ2n) is 5.79. The molecule has 0 bridgehead atoms. The first-order chi connectivity index (χ1) is 14.0. The van der Waals surface area contributed by atoms with E-state index in [1.165, 1.54) is 18.2 Å². The lowest BCUT2D eigenvalue weighted by atomic mass is 10.1. The summed E-state index contributed by atoms with van der Waals surface area (Å²) >= 11 is 0. The Morgan fingerprint density at radius 2 is 1.45 bits per heavy atom. The molecule has 31 heavy (non-hydrogen) atoms. The SMILES string of the molecule is O=S(=O)(Oc1nn2c(C(F)(F)F)cc(C(F)(F)F)nc2c1-c1ccccc1)C(F)(F)F. The van der Waals surface area contributed by atoms with E-state index in [2.05, 4.69) is 14.3 Å². The summed E-state index contributed by atoms with van der Waals surface area (Å²) in [6.45, 7) is 0. The summed E-state index contributed by atoms with van der Waals surface area (Å²) in [6, 6.07) is 5.56. The molecule has 0 spiro atoms. The van der Waals surface area contributed by atoms with Crippen LogP contribution in [0.2, 0.25) is 0 Å². The summed E-state index contributed by atoms with van der Waals surface area (Å²) < 4.78 is 144. The van der Waals surface area contributed by atoms with Crippen molar-refractivity contribution in [3.05, 3.63) is 47.8 Å². The topological polar surface area (TPSA) is 73.6 Å². The minimum absolute atomic E-state index is 0.265. The molecule has 0 aliphatic heterocycles. The molecule has 0 aliphatic rings. The van der Waals surface area contributed by atoms with Crippen LogP contribution in [-0.4, -0.2) is 28.5 Å². The van der Waals surface area contributed by atoms with Gasteiger partial charge in [0.2, 0.25) is 0 Å². The third kappa shape index (κ3) is 4.24. The van der Waals surface area contributed by atoms with Crippen LogP contribution in [-0.2, 0) is 22.5 Å². The Morgan fingerprint density at radius 1 is 0.871 bits per heavy atom. The maximum absolute atomic E-state index is 13.4. The highest BCUT2D eigenvalue weighted by Gasteiger charge is 2.50.